The van der Waals surface area contributed by atoms with Crippen molar-refractivity contribution < 1.29 is 9.53 Å². The smallest absolute Gasteiger partial charge is 0.257 e. The van der Waals surface area contributed by atoms with E-state index in [-0.39, 0.29) is 5.91 Å². The Labute approximate surface area is 183 Å². The number of nitrogens with one attached hydrogen (secondary N) is 2. The fourth-order valence-corrected chi connectivity index (χ4v) is 3.14. The van der Waals surface area contributed by atoms with Crippen LogP contribution < -0.4 is 15.4 Å². The second-order valence-electron chi connectivity index (χ2n) is 7.35. The lowest BCUT2D eigenvalue weighted by molar-refractivity contribution is 0.0977. The van der Waals surface area contributed by atoms with Gasteiger partial charge in [0, 0.05) is 35.6 Å². The van der Waals surface area contributed by atoms with Crippen molar-refractivity contribution in [1.82, 2.24) is 15.1 Å². The van der Waals surface area contributed by atoms with Gasteiger partial charge in [-0.25, -0.2) is 4.99 Å². The molecular formula is C24H29N5O2. The topological polar surface area (TPSA) is 80.5 Å². The number of carbonyl (C=O) groups is 1. The van der Waals surface area contributed by atoms with Gasteiger partial charge in [0.05, 0.1) is 19.3 Å². The molecule has 0 bridgehead atoms. The van der Waals surface area contributed by atoms with Crippen molar-refractivity contribution in [3.8, 4) is 5.75 Å². The summed E-state index contributed by atoms with van der Waals surface area (Å²) in [5.41, 5.74) is 4.31. The van der Waals surface area contributed by atoms with Crippen molar-refractivity contribution in [3.05, 3.63) is 77.1 Å². The minimum absolute atomic E-state index is 0.226. The van der Waals surface area contributed by atoms with Crippen molar-refractivity contribution in [2.75, 3.05) is 12.4 Å². The van der Waals surface area contributed by atoms with Crippen molar-refractivity contribution in [1.29, 1.82) is 0 Å². The standard InChI is InChI=1S/C24H29N5O2/c1-5-12-29-16-20(18(3)28-29)15-25-24(26-21-10-7-11-22(14-21)31-4)27-23(30)19-9-6-8-17(2)13-19/h6-11,13-14,16H,5,12,15H2,1-4H3,(H2,25,26,27,30). The molecule has 0 atom stereocenters. The van der Waals surface area contributed by atoms with Gasteiger partial charge in [0.2, 0.25) is 5.96 Å². The maximum Gasteiger partial charge on any atom is 0.257 e. The largest absolute Gasteiger partial charge is 0.497 e. The Morgan fingerprint density at radius 2 is 1.97 bits per heavy atom. The molecule has 0 unspecified atom stereocenters. The summed E-state index contributed by atoms with van der Waals surface area (Å²) in [4.78, 5) is 17.5. The lowest BCUT2D eigenvalue weighted by Crippen LogP contribution is -2.36. The van der Waals surface area contributed by atoms with E-state index >= 15 is 0 Å². The van der Waals surface area contributed by atoms with Gasteiger partial charge in [-0.3, -0.25) is 14.8 Å². The molecule has 31 heavy (non-hydrogen) atoms. The molecule has 7 nitrogen and oxygen atoms in total. The molecule has 2 N–H and O–H groups in total. The lowest BCUT2D eigenvalue weighted by atomic mass is 10.1. The van der Waals surface area contributed by atoms with E-state index in [2.05, 4.69) is 27.6 Å². The number of amides is 1. The molecule has 0 aliphatic rings. The number of carbonyl (C=O) groups excluding carboxylic acids is 1. The summed E-state index contributed by atoms with van der Waals surface area (Å²) in [6, 6.07) is 14.9. The van der Waals surface area contributed by atoms with Crippen molar-refractivity contribution in [2.24, 2.45) is 4.99 Å². The summed E-state index contributed by atoms with van der Waals surface area (Å²) in [6.45, 7) is 7.31. The molecule has 0 radical (unpaired) electrons. The highest BCUT2D eigenvalue weighted by atomic mass is 16.5. The number of nitrogens with zero attached hydrogens (tertiary/aromatic N) is 3. The van der Waals surface area contributed by atoms with Gasteiger partial charge in [0.15, 0.2) is 0 Å². The third-order valence-corrected chi connectivity index (χ3v) is 4.75. The van der Waals surface area contributed by atoms with E-state index in [0.29, 0.717) is 23.8 Å². The molecule has 1 aromatic heterocycles. The van der Waals surface area contributed by atoms with Gasteiger partial charge < -0.3 is 10.1 Å². The summed E-state index contributed by atoms with van der Waals surface area (Å²) in [6.07, 6.45) is 3.02. The van der Waals surface area contributed by atoms with Crippen LogP contribution in [0.15, 0.2) is 59.7 Å². The maximum absolute atomic E-state index is 12.8. The highest BCUT2D eigenvalue weighted by Gasteiger charge is 2.11. The zero-order valence-electron chi connectivity index (χ0n) is 18.5. The summed E-state index contributed by atoms with van der Waals surface area (Å²) in [7, 11) is 1.62. The molecule has 3 aromatic rings. The van der Waals surface area contributed by atoms with E-state index in [4.69, 9.17) is 4.74 Å². The Bertz CT molecular complexity index is 1070. The molecule has 7 heteroatoms. The summed E-state index contributed by atoms with van der Waals surface area (Å²) >= 11 is 0. The van der Waals surface area contributed by atoms with Crippen LogP contribution in [0, 0.1) is 13.8 Å². The van der Waals surface area contributed by atoms with Crippen LogP contribution in [0.3, 0.4) is 0 Å². The van der Waals surface area contributed by atoms with E-state index in [1.54, 1.807) is 13.2 Å². The predicted molar refractivity (Wildman–Crippen MR) is 124 cm³/mol. The first-order chi connectivity index (χ1) is 15.0. The van der Waals surface area contributed by atoms with E-state index in [9.17, 15) is 4.79 Å². The summed E-state index contributed by atoms with van der Waals surface area (Å²) in [5, 5.41) is 10.6. The molecule has 0 aliphatic carbocycles. The number of anilines is 1. The van der Waals surface area contributed by atoms with Crippen LogP contribution in [0.4, 0.5) is 5.69 Å². The molecule has 0 fully saturated rings. The van der Waals surface area contributed by atoms with Crippen LogP contribution >= 0.6 is 0 Å². The average molecular weight is 420 g/mol. The van der Waals surface area contributed by atoms with Crippen molar-refractivity contribution in [2.45, 2.75) is 40.3 Å². The SMILES string of the molecule is CCCn1cc(CN=C(NC(=O)c2cccc(C)c2)Nc2cccc(OC)c2)c(C)n1. The number of methoxy groups -OCH3 is 1. The van der Waals surface area contributed by atoms with Crippen molar-refractivity contribution >= 4 is 17.6 Å². The number of benzene rings is 2. The molecule has 1 amide bonds. The number of aryl methyl sites for hydroxylation is 3. The molecule has 3 rings (SSSR count). The average Bonchev–Trinajstić information content (AvgIpc) is 3.11. The molecule has 2 aromatic carbocycles. The van der Waals surface area contributed by atoms with E-state index in [0.717, 1.165) is 35.5 Å². The summed E-state index contributed by atoms with van der Waals surface area (Å²) < 4.78 is 7.22. The second kappa shape index (κ2) is 10.4. The Morgan fingerprint density at radius 3 is 2.71 bits per heavy atom. The van der Waals surface area contributed by atoms with Gasteiger partial charge in [0.25, 0.3) is 5.91 Å². The number of guanidine groups is 1. The monoisotopic (exact) mass is 419 g/mol. The Morgan fingerprint density at radius 1 is 1.16 bits per heavy atom. The number of rotatable bonds is 7. The maximum atomic E-state index is 12.8. The summed E-state index contributed by atoms with van der Waals surface area (Å²) in [5.74, 6) is 0.852. The van der Waals surface area contributed by atoms with E-state index in [1.807, 2.05) is 67.2 Å². The fourth-order valence-electron chi connectivity index (χ4n) is 3.14. The van der Waals surface area contributed by atoms with Gasteiger partial charge in [-0.15, -0.1) is 0 Å². The van der Waals surface area contributed by atoms with Crippen LogP contribution in [-0.4, -0.2) is 28.8 Å². The second-order valence-corrected chi connectivity index (χ2v) is 7.35. The zero-order chi connectivity index (χ0) is 22.2. The van der Waals surface area contributed by atoms with Crippen LogP contribution in [0.5, 0.6) is 5.75 Å². The molecule has 0 spiro atoms. The van der Waals surface area contributed by atoms with Crippen LogP contribution in [0.1, 0.15) is 40.5 Å². The van der Waals surface area contributed by atoms with Gasteiger partial charge in [-0.2, -0.15) is 5.10 Å². The van der Waals surface area contributed by atoms with E-state index < -0.39 is 0 Å². The van der Waals surface area contributed by atoms with Gasteiger partial charge in [-0.1, -0.05) is 30.7 Å². The van der Waals surface area contributed by atoms with Crippen LogP contribution in [0.2, 0.25) is 0 Å². The number of aromatic nitrogens is 2. The van der Waals surface area contributed by atoms with E-state index in [1.165, 1.54) is 0 Å². The van der Waals surface area contributed by atoms with Gasteiger partial charge in [-0.05, 0) is 44.5 Å². The first-order valence-electron chi connectivity index (χ1n) is 10.3. The fraction of sp³-hybridized carbons (Fsp3) is 0.292. The highest BCUT2D eigenvalue weighted by Crippen LogP contribution is 2.17. The molecule has 0 saturated carbocycles. The third kappa shape index (κ3) is 6.18. The molecule has 0 saturated heterocycles. The van der Waals surface area contributed by atoms with Gasteiger partial charge in [0.1, 0.15) is 5.75 Å². The van der Waals surface area contributed by atoms with Crippen molar-refractivity contribution in [3.63, 3.8) is 0 Å². The van der Waals surface area contributed by atoms with Gasteiger partial charge >= 0.3 is 0 Å². The molecule has 162 valence electrons. The first-order valence-corrected chi connectivity index (χ1v) is 10.3. The van der Waals surface area contributed by atoms with Crippen LogP contribution in [0.25, 0.3) is 0 Å². The number of hydrogen-bond donors (Lipinski definition) is 2. The number of ether oxygens (including phenoxy) is 1. The molecular weight excluding hydrogens is 390 g/mol. The lowest BCUT2D eigenvalue weighted by Gasteiger charge is -2.13. The zero-order valence-corrected chi connectivity index (χ0v) is 18.5. The third-order valence-electron chi connectivity index (χ3n) is 4.75. The molecule has 0 aliphatic heterocycles. The minimum Gasteiger partial charge on any atom is -0.497 e. The Kier molecular flexibility index (Phi) is 7.43. The Balaban J connectivity index is 1.83. The minimum atomic E-state index is -0.226. The Hall–Kier alpha value is -3.61. The first kappa shape index (κ1) is 22.1. The number of hydrogen-bond acceptors (Lipinski definition) is 4. The van der Waals surface area contributed by atoms with Crippen LogP contribution in [-0.2, 0) is 13.1 Å². The normalized spacial score (nSPS) is 11.3. The molecule has 1 heterocycles. The quantitative estimate of drug-likeness (QED) is 0.442. The highest BCUT2D eigenvalue weighted by molar-refractivity contribution is 6.10. The predicted octanol–water partition coefficient (Wildman–Crippen LogP) is 4.32. The number of aliphatic imine (C=N–C) groups is 1.